The Balaban J connectivity index is 1.97. The second-order valence-corrected chi connectivity index (χ2v) is 8.97. The van der Waals surface area contributed by atoms with Crippen molar-refractivity contribution in [3.05, 3.63) is 64.9 Å². The molecule has 0 fully saturated rings. The van der Waals surface area contributed by atoms with Gasteiger partial charge in [0, 0.05) is 45.3 Å². The lowest BCUT2D eigenvalue weighted by Gasteiger charge is -2.16. The molecule has 2 aromatic carbocycles. The average molecular weight is 512 g/mol. The van der Waals surface area contributed by atoms with E-state index in [9.17, 15) is 14.7 Å². The highest BCUT2D eigenvalue weighted by Crippen LogP contribution is 2.30. The minimum Gasteiger partial charge on any atom is -0.507 e. The third-order valence-corrected chi connectivity index (χ3v) is 5.79. The summed E-state index contributed by atoms with van der Waals surface area (Å²) in [5.41, 5.74) is 3.37. The number of rotatable bonds is 16. The molecule has 0 spiro atoms. The van der Waals surface area contributed by atoms with Gasteiger partial charge in [0.15, 0.2) is 5.78 Å². The second kappa shape index (κ2) is 15.6. The fourth-order valence-electron chi connectivity index (χ4n) is 3.94. The van der Waals surface area contributed by atoms with Gasteiger partial charge in [-0.3, -0.25) is 9.59 Å². The summed E-state index contributed by atoms with van der Waals surface area (Å²) < 4.78 is 17.1. The molecular formula is C30H41NO6. The number of nitrogens with zero attached hydrogens (tertiary/aromatic N) is 1. The first-order valence-electron chi connectivity index (χ1n) is 13.1. The van der Waals surface area contributed by atoms with Gasteiger partial charge in [-0.1, -0.05) is 32.4 Å². The lowest BCUT2D eigenvalue weighted by Crippen LogP contribution is -2.09. The summed E-state index contributed by atoms with van der Waals surface area (Å²) in [7, 11) is 3.66. The van der Waals surface area contributed by atoms with Crippen molar-refractivity contribution in [1.29, 1.82) is 0 Å². The molecule has 0 unspecified atom stereocenters. The molecule has 0 aliphatic carbocycles. The summed E-state index contributed by atoms with van der Waals surface area (Å²) in [6, 6.07) is 9.18. The van der Waals surface area contributed by atoms with Crippen LogP contribution in [-0.4, -0.2) is 55.7 Å². The van der Waals surface area contributed by atoms with E-state index in [-0.39, 0.29) is 23.1 Å². The number of allylic oxidation sites excluding steroid dienone is 1. The van der Waals surface area contributed by atoms with Gasteiger partial charge in [0.2, 0.25) is 0 Å². The number of phenols is 1. The molecular weight excluding hydrogens is 470 g/mol. The lowest BCUT2D eigenvalue weighted by molar-refractivity contribution is -0.143. The molecule has 1 N–H and O–H groups in total. The minimum atomic E-state index is -0.256. The van der Waals surface area contributed by atoms with Crippen LogP contribution in [0.2, 0.25) is 0 Å². The first-order chi connectivity index (χ1) is 17.8. The van der Waals surface area contributed by atoms with Crippen molar-refractivity contribution < 1.29 is 28.9 Å². The molecule has 0 amide bonds. The van der Waals surface area contributed by atoms with Crippen molar-refractivity contribution in [3.63, 3.8) is 0 Å². The summed E-state index contributed by atoms with van der Waals surface area (Å²) in [5.74, 6) is 0.867. The predicted molar refractivity (Wildman–Crippen MR) is 146 cm³/mol. The smallest absolute Gasteiger partial charge is 0.306 e. The van der Waals surface area contributed by atoms with Gasteiger partial charge in [0.1, 0.15) is 17.2 Å². The normalized spacial score (nSPS) is 10.9. The molecule has 0 bridgehead atoms. The van der Waals surface area contributed by atoms with Gasteiger partial charge in [-0.05, 0) is 55.0 Å². The zero-order valence-electron chi connectivity index (χ0n) is 22.8. The van der Waals surface area contributed by atoms with Crippen LogP contribution in [0.25, 0.3) is 0 Å². The topological polar surface area (TPSA) is 85.3 Å². The Bertz CT molecular complexity index is 1060. The fourth-order valence-corrected chi connectivity index (χ4v) is 3.94. The highest BCUT2D eigenvalue weighted by atomic mass is 16.5. The van der Waals surface area contributed by atoms with Crippen LogP contribution in [-0.2, 0) is 28.8 Å². The van der Waals surface area contributed by atoms with Crippen LogP contribution in [0, 0.1) is 0 Å². The van der Waals surface area contributed by atoms with Gasteiger partial charge in [-0.15, -0.1) is 0 Å². The maximum Gasteiger partial charge on any atom is 0.306 e. The molecule has 0 aliphatic heterocycles. The predicted octanol–water partition coefficient (Wildman–Crippen LogP) is 5.51. The molecule has 7 heteroatoms. The number of hydrogen-bond donors (Lipinski definition) is 1. The van der Waals surface area contributed by atoms with E-state index in [0.29, 0.717) is 51.3 Å². The van der Waals surface area contributed by atoms with Crippen LogP contribution in [0.15, 0.2) is 42.6 Å². The van der Waals surface area contributed by atoms with Crippen LogP contribution in [0.3, 0.4) is 0 Å². The number of aromatic hydroxyl groups is 1. The molecule has 0 aliphatic rings. The van der Waals surface area contributed by atoms with Crippen LogP contribution < -0.4 is 9.47 Å². The Morgan fingerprint density at radius 3 is 2.35 bits per heavy atom. The summed E-state index contributed by atoms with van der Waals surface area (Å²) in [4.78, 5) is 26.0. The van der Waals surface area contributed by atoms with Gasteiger partial charge in [-0.2, -0.15) is 0 Å². The molecule has 0 radical (unpaired) electrons. The monoisotopic (exact) mass is 511 g/mol. The van der Waals surface area contributed by atoms with Crippen molar-refractivity contribution in [2.24, 2.45) is 0 Å². The summed E-state index contributed by atoms with van der Waals surface area (Å²) in [6.07, 6.45) is 7.23. The number of carbonyl (C=O) groups is 2. The SMILES string of the molecule is CCCc1c(CCC(=O)OCC)cccc1OCCCOc1cc(O)c(C(=O)/C=C\N(C)C)cc1CC. The number of esters is 1. The van der Waals surface area contributed by atoms with Crippen LogP contribution in [0.1, 0.15) is 67.1 Å². The molecule has 2 rings (SSSR count). The van der Waals surface area contributed by atoms with E-state index in [1.54, 1.807) is 17.2 Å². The maximum atomic E-state index is 12.4. The van der Waals surface area contributed by atoms with Gasteiger partial charge in [0.25, 0.3) is 0 Å². The number of aryl methyl sites for hydroxylation is 2. The van der Waals surface area contributed by atoms with Crippen LogP contribution in [0.4, 0.5) is 0 Å². The molecule has 0 heterocycles. The molecule has 2 aromatic rings. The lowest BCUT2D eigenvalue weighted by atomic mass is 9.98. The summed E-state index contributed by atoms with van der Waals surface area (Å²) in [6.45, 7) is 7.19. The van der Waals surface area contributed by atoms with Crippen molar-refractivity contribution in [1.82, 2.24) is 4.90 Å². The van der Waals surface area contributed by atoms with Crippen molar-refractivity contribution in [3.8, 4) is 17.2 Å². The Hall–Kier alpha value is -3.48. The summed E-state index contributed by atoms with van der Waals surface area (Å²) >= 11 is 0. The van der Waals surface area contributed by atoms with E-state index in [2.05, 4.69) is 6.92 Å². The number of carbonyl (C=O) groups excluding carboxylic acids is 2. The quantitative estimate of drug-likeness (QED) is 0.138. The third kappa shape index (κ3) is 9.48. The summed E-state index contributed by atoms with van der Waals surface area (Å²) in [5, 5.41) is 10.4. The van der Waals surface area contributed by atoms with Crippen molar-refractivity contribution >= 4 is 11.8 Å². The number of phenolic OH excluding ortho intramolecular Hbond substituents is 1. The highest BCUT2D eigenvalue weighted by molar-refractivity contribution is 6.06. The highest BCUT2D eigenvalue weighted by Gasteiger charge is 2.15. The van der Waals surface area contributed by atoms with Gasteiger partial charge in [-0.25, -0.2) is 0 Å². The van der Waals surface area contributed by atoms with Gasteiger partial charge >= 0.3 is 5.97 Å². The molecule has 202 valence electrons. The van der Waals surface area contributed by atoms with E-state index in [4.69, 9.17) is 14.2 Å². The molecule has 0 saturated carbocycles. The first kappa shape index (κ1) is 29.7. The minimum absolute atomic E-state index is 0.0966. The number of hydrogen-bond acceptors (Lipinski definition) is 7. The van der Waals surface area contributed by atoms with E-state index < -0.39 is 0 Å². The largest absolute Gasteiger partial charge is 0.507 e. The van der Waals surface area contributed by atoms with Gasteiger partial charge < -0.3 is 24.2 Å². The standard InChI is InChI=1S/C30H41NO6/c1-6-11-24-23(14-15-30(34)35-8-3)12-9-13-28(24)36-18-10-19-37-29-21-27(33)25(20-22(29)7-2)26(32)16-17-31(4)5/h9,12-13,16-17,20-21,33H,6-8,10-11,14-15,18-19H2,1-5H3/b17-16-. The number of ketones is 1. The maximum absolute atomic E-state index is 12.4. The molecule has 0 saturated heterocycles. The number of ether oxygens (including phenoxy) is 3. The molecule has 0 atom stereocenters. The van der Waals surface area contributed by atoms with E-state index in [1.165, 1.54) is 12.1 Å². The fraction of sp³-hybridized carbons (Fsp3) is 0.467. The van der Waals surface area contributed by atoms with E-state index in [1.807, 2.05) is 46.1 Å². The Morgan fingerprint density at radius 2 is 1.70 bits per heavy atom. The zero-order valence-corrected chi connectivity index (χ0v) is 22.8. The van der Waals surface area contributed by atoms with E-state index >= 15 is 0 Å². The third-order valence-electron chi connectivity index (χ3n) is 5.79. The Labute approximate surface area is 221 Å². The molecule has 0 aromatic heterocycles. The van der Waals surface area contributed by atoms with Gasteiger partial charge in [0.05, 0.1) is 25.4 Å². The first-order valence-corrected chi connectivity index (χ1v) is 13.1. The Kier molecular flexibility index (Phi) is 12.5. The van der Waals surface area contributed by atoms with Crippen molar-refractivity contribution in [2.45, 2.75) is 59.3 Å². The number of benzene rings is 2. The Morgan fingerprint density at radius 1 is 0.973 bits per heavy atom. The second-order valence-electron chi connectivity index (χ2n) is 8.97. The zero-order chi connectivity index (χ0) is 27.2. The van der Waals surface area contributed by atoms with E-state index in [0.717, 1.165) is 35.3 Å². The van der Waals surface area contributed by atoms with Crippen molar-refractivity contribution in [2.75, 3.05) is 33.9 Å². The average Bonchev–Trinajstić information content (AvgIpc) is 2.87. The molecule has 37 heavy (non-hydrogen) atoms. The van der Waals surface area contributed by atoms with Crippen LogP contribution in [0.5, 0.6) is 17.2 Å². The molecule has 7 nitrogen and oxygen atoms in total. The van der Waals surface area contributed by atoms with Crippen LogP contribution >= 0.6 is 0 Å².